The molecule has 0 aliphatic heterocycles. The minimum absolute atomic E-state index is 0.0892. The number of hydrogen-bond donors (Lipinski definition) is 1. The second kappa shape index (κ2) is 7.47. The van der Waals surface area contributed by atoms with Crippen molar-refractivity contribution in [2.45, 2.75) is 26.4 Å². The summed E-state index contributed by atoms with van der Waals surface area (Å²) in [6.45, 7) is 4.04. The summed E-state index contributed by atoms with van der Waals surface area (Å²) in [4.78, 5) is 17.1. The number of methoxy groups -OCH3 is 2. The molecule has 1 heterocycles. The van der Waals surface area contributed by atoms with E-state index < -0.39 is 0 Å². The minimum Gasteiger partial charge on any atom is -0.497 e. The number of rotatable bonds is 6. The van der Waals surface area contributed by atoms with Crippen molar-refractivity contribution in [2.75, 3.05) is 14.2 Å². The molecule has 0 spiro atoms. The van der Waals surface area contributed by atoms with Crippen molar-refractivity contribution in [1.29, 1.82) is 0 Å². The predicted octanol–water partition coefficient (Wildman–Crippen LogP) is 3.24. The number of para-hydroxylation sites is 2. The number of nitrogens with zero attached hydrogens (tertiary/aromatic N) is 2. The van der Waals surface area contributed by atoms with E-state index in [0.717, 1.165) is 28.2 Å². The monoisotopic (exact) mass is 353 g/mol. The van der Waals surface area contributed by atoms with E-state index in [1.54, 1.807) is 14.2 Å². The van der Waals surface area contributed by atoms with Crippen LogP contribution in [0, 0.1) is 6.92 Å². The van der Waals surface area contributed by atoms with Gasteiger partial charge in [0.05, 0.1) is 31.3 Å². The molecule has 1 aromatic heterocycles. The van der Waals surface area contributed by atoms with Crippen LogP contribution in [0.3, 0.4) is 0 Å². The number of fused-ring (bicyclic) bond motifs is 1. The summed E-state index contributed by atoms with van der Waals surface area (Å²) in [5.74, 6) is 2.16. The van der Waals surface area contributed by atoms with Gasteiger partial charge in [-0.25, -0.2) is 4.98 Å². The maximum absolute atomic E-state index is 12.6. The Kier molecular flexibility index (Phi) is 5.11. The lowest BCUT2D eigenvalue weighted by Gasteiger charge is -2.18. The quantitative estimate of drug-likeness (QED) is 0.739. The Balaban J connectivity index is 1.78. The molecule has 1 N–H and O–H groups in total. The van der Waals surface area contributed by atoms with Crippen LogP contribution in [0.5, 0.6) is 11.5 Å². The van der Waals surface area contributed by atoms with Gasteiger partial charge in [0.2, 0.25) is 5.91 Å². The van der Waals surface area contributed by atoms with Crippen molar-refractivity contribution >= 4 is 16.9 Å². The number of benzene rings is 2. The van der Waals surface area contributed by atoms with Crippen molar-refractivity contribution in [2.24, 2.45) is 0 Å². The first-order valence-electron chi connectivity index (χ1n) is 8.46. The molecule has 0 aliphatic rings. The zero-order chi connectivity index (χ0) is 18.7. The molecule has 0 saturated heterocycles. The van der Waals surface area contributed by atoms with Crippen LogP contribution in [0.25, 0.3) is 11.0 Å². The third kappa shape index (κ3) is 3.49. The highest BCUT2D eigenvalue weighted by Gasteiger charge is 2.17. The first-order chi connectivity index (χ1) is 12.5. The van der Waals surface area contributed by atoms with E-state index in [0.29, 0.717) is 5.75 Å². The van der Waals surface area contributed by atoms with Crippen LogP contribution in [0.4, 0.5) is 0 Å². The van der Waals surface area contributed by atoms with Gasteiger partial charge in [-0.2, -0.15) is 0 Å². The summed E-state index contributed by atoms with van der Waals surface area (Å²) in [7, 11) is 3.22. The lowest BCUT2D eigenvalue weighted by molar-refractivity contribution is -0.122. The van der Waals surface area contributed by atoms with Gasteiger partial charge in [-0.05, 0) is 44.2 Å². The Labute approximate surface area is 152 Å². The Bertz CT molecular complexity index is 933. The third-order valence-corrected chi connectivity index (χ3v) is 4.43. The second-order valence-electron chi connectivity index (χ2n) is 6.13. The fourth-order valence-electron chi connectivity index (χ4n) is 3.08. The molecule has 1 unspecified atom stereocenters. The first-order valence-corrected chi connectivity index (χ1v) is 8.46. The summed E-state index contributed by atoms with van der Waals surface area (Å²) in [6.07, 6.45) is 0. The summed E-state index contributed by atoms with van der Waals surface area (Å²) in [5.41, 5.74) is 2.71. The molecule has 0 bridgehead atoms. The van der Waals surface area contributed by atoms with Crippen molar-refractivity contribution in [3.05, 3.63) is 53.9 Å². The van der Waals surface area contributed by atoms with Crippen LogP contribution >= 0.6 is 0 Å². The average molecular weight is 353 g/mol. The fraction of sp³-hybridized carbons (Fsp3) is 0.300. The van der Waals surface area contributed by atoms with Gasteiger partial charge in [0.1, 0.15) is 23.9 Å². The van der Waals surface area contributed by atoms with Crippen molar-refractivity contribution < 1.29 is 14.3 Å². The Morgan fingerprint density at radius 1 is 1.19 bits per heavy atom. The smallest absolute Gasteiger partial charge is 0.240 e. The molecule has 6 nitrogen and oxygen atoms in total. The maximum Gasteiger partial charge on any atom is 0.240 e. The molecule has 6 heteroatoms. The van der Waals surface area contributed by atoms with Crippen LogP contribution in [0.1, 0.15) is 24.4 Å². The minimum atomic E-state index is -0.220. The number of aryl methyl sites for hydroxylation is 1. The highest BCUT2D eigenvalue weighted by atomic mass is 16.5. The van der Waals surface area contributed by atoms with Gasteiger partial charge in [0, 0.05) is 5.56 Å². The van der Waals surface area contributed by atoms with E-state index in [-0.39, 0.29) is 18.5 Å². The van der Waals surface area contributed by atoms with Crippen LogP contribution in [0.2, 0.25) is 0 Å². The van der Waals surface area contributed by atoms with Crippen LogP contribution in [-0.4, -0.2) is 29.7 Å². The van der Waals surface area contributed by atoms with Crippen LogP contribution < -0.4 is 14.8 Å². The van der Waals surface area contributed by atoms with E-state index in [9.17, 15) is 4.79 Å². The summed E-state index contributed by atoms with van der Waals surface area (Å²) in [5, 5.41) is 3.03. The van der Waals surface area contributed by atoms with Gasteiger partial charge < -0.3 is 19.4 Å². The topological polar surface area (TPSA) is 65.4 Å². The van der Waals surface area contributed by atoms with Gasteiger partial charge in [-0.1, -0.05) is 12.1 Å². The highest BCUT2D eigenvalue weighted by molar-refractivity contribution is 5.81. The number of nitrogens with one attached hydrogen (secondary N) is 1. The Morgan fingerprint density at radius 2 is 1.96 bits per heavy atom. The van der Waals surface area contributed by atoms with Crippen LogP contribution in [0.15, 0.2) is 42.5 Å². The third-order valence-electron chi connectivity index (χ3n) is 4.43. The number of amides is 1. The molecule has 26 heavy (non-hydrogen) atoms. The SMILES string of the molecule is COc1ccc(OC)c(C(C)NC(=O)Cn2c(C)nc3ccccc32)c1. The van der Waals surface area contributed by atoms with E-state index in [2.05, 4.69) is 10.3 Å². The molecular formula is C20H23N3O3. The number of hydrogen-bond acceptors (Lipinski definition) is 4. The molecule has 1 atom stereocenters. The van der Waals surface area contributed by atoms with Gasteiger partial charge >= 0.3 is 0 Å². The van der Waals surface area contributed by atoms with E-state index in [1.165, 1.54) is 0 Å². The number of imidazole rings is 1. The predicted molar refractivity (Wildman–Crippen MR) is 101 cm³/mol. The molecule has 1 amide bonds. The number of carbonyl (C=O) groups is 1. The average Bonchev–Trinajstić information content (AvgIpc) is 2.96. The second-order valence-corrected chi connectivity index (χ2v) is 6.13. The first kappa shape index (κ1) is 17.8. The normalized spacial score (nSPS) is 12.0. The molecule has 2 aromatic carbocycles. The standard InChI is InChI=1S/C20H23N3O3/c1-13(16-11-15(25-3)9-10-19(16)26-4)21-20(24)12-23-14(2)22-17-7-5-6-8-18(17)23/h5-11,13H,12H2,1-4H3,(H,21,24). The Morgan fingerprint density at radius 3 is 2.69 bits per heavy atom. The van der Waals surface area contributed by atoms with Crippen LogP contribution in [-0.2, 0) is 11.3 Å². The van der Waals surface area contributed by atoms with Crippen molar-refractivity contribution in [3.63, 3.8) is 0 Å². The summed E-state index contributed by atoms with van der Waals surface area (Å²) in [6, 6.07) is 13.1. The summed E-state index contributed by atoms with van der Waals surface area (Å²) < 4.78 is 12.6. The summed E-state index contributed by atoms with van der Waals surface area (Å²) >= 11 is 0. The van der Waals surface area contributed by atoms with E-state index in [4.69, 9.17) is 9.47 Å². The molecule has 136 valence electrons. The zero-order valence-corrected chi connectivity index (χ0v) is 15.4. The number of ether oxygens (including phenoxy) is 2. The fourth-order valence-corrected chi connectivity index (χ4v) is 3.08. The molecule has 0 fully saturated rings. The lowest BCUT2D eigenvalue weighted by Crippen LogP contribution is -2.30. The van der Waals surface area contributed by atoms with E-state index in [1.807, 2.05) is 60.9 Å². The lowest BCUT2D eigenvalue weighted by atomic mass is 10.1. The van der Waals surface area contributed by atoms with E-state index >= 15 is 0 Å². The highest BCUT2D eigenvalue weighted by Crippen LogP contribution is 2.29. The zero-order valence-electron chi connectivity index (χ0n) is 15.4. The molecule has 0 radical (unpaired) electrons. The Hall–Kier alpha value is -3.02. The largest absolute Gasteiger partial charge is 0.497 e. The van der Waals surface area contributed by atoms with Gasteiger partial charge in [-0.15, -0.1) is 0 Å². The van der Waals surface area contributed by atoms with Gasteiger partial charge in [0.25, 0.3) is 0 Å². The molecule has 0 aliphatic carbocycles. The molecule has 3 aromatic rings. The number of aromatic nitrogens is 2. The molecular weight excluding hydrogens is 330 g/mol. The molecule has 0 saturated carbocycles. The maximum atomic E-state index is 12.6. The number of carbonyl (C=O) groups excluding carboxylic acids is 1. The molecule has 3 rings (SSSR count). The van der Waals surface area contributed by atoms with Crippen molar-refractivity contribution in [1.82, 2.24) is 14.9 Å². The van der Waals surface area contributed by atoms with Gasteiger partial charge in [0.15, 0.2) is 0 Å². The van der Waals surface area contributed by atoms with Crippen molar-refractivity contribution in [3.8, 4) is 11.5 Å². The van der Waals surface area contributed by atoms with Gasteiger partial charge in [-0.3, -0.25) is 4.79 Å².